The molecule has 6 rings (SSSR count). The molecular formula is C72H106N4O19S. The minimum Gasteiger partial charge on any atom is -0.468 e. The van der Waals surface area contributed by atoms with E-state index in [1.807, 2.05) is 6.07 Å². The van der Waals surface area contributed by atoms with E-state index in [0.29, 0.717) is 73.0 Å². The summed E-state index contributed by atoms with van der Waals surface area (Å²) in [5.41, 5.74) is 0.633. The fourth-order valence-electron chi connectivity index (χ4n) is 14.2. The normalized spacial score (nSPS) is 22.0. The molecule has 3 aliphatic rings. The van der Waals surface area contributed by atoms with Gasteiger partial charge in [0, 0.05) is 55.6 Å². The Hall–Kier alpha value is -7.76. The summed E-state index contributed by atoms with van der Waals surface area (Å²) in [5.74, 6) is 0.607. The number of carbonyl (C=O) groups excluding carboxylic acids is 9. The van der Waals surface area contributed by atoms with Crippen LogP contribution < -0.4 is 21.3 Å². The summed E-state index contributed by atoms with van der Waals surface area (Å²) in [6, 6.07) is 10.5. The number of thioether (sulfide) groups is 1. The fourth-order valence-corrected chi connectivity index (χ4v) is 14.8. The van der Waals surface area contributed by atoms with Crippen molar-refractivity contribution in [3.05, 3.63) is 109 Å². The zero-order valence-electron chi connectivity index (χ0n) is 58.7. The van der Waals surface area contributed by atoms with E-state index in [1.54, 1.807) is 63.6 Å². The molecule has 6 atom stereocenters. The van der Waals surface area contributed by atoms with Crippen LogP contribution in [0.4, 0.5) is 14.4 Å². The van der Waals surface area contributed by atoms with E-state index in [1.165, 1.54) is 18.0 Å². The average molecular weight is 1360 g/mol. The maximum Gasteiger partial charge on any atom is 0.407 e. The number of rotatable bonds is 30. The molecule has 3 aliphatic carbocycles. The summed E-state index contributed by atoms with van der Waals surface area (Å²) in [7, 11) is 0. The summed E-state index contributed by atoms with van der Waals surface area (Å²) >= 11 is 1.19. The van der Waals surface area contributed by atoms with E-state index in [9.17, 15) is 43.2 Å². The number of nitrogens with one attached hydrogen (secondary N) is 4. The van der Waals surface area contributed by atoms with E-state index in [4.69, 9.17) is 46.4 Å². The van der Waals surface area contributed by atoms with Gasteiger partial charge in [0.1, 0.15) is 56.9 Å². The highest BCUT2D eigenvalue weighted by Gasteiger charge is 2.45. The lowest BCUT2D eigenvalue weighted by molar-refractivity contribution is -0.151. The summed E-state index contributed by atoms with van der Waals surface area (Å²) in [4.78, 5) is 108. The summed E-state index contributed by atoms with van der Waals surface area (Å²) in [6.45, 7) is 36.9. The Labute approximate surface area is 570 Å². The van der Waals surface area contributed by atoms with Crippen molar-refractivity contribution in [2.45, 2.75) is 179 Å². The molecule has 3 aromatic heterocycles. The molecule has 0 aliphatic heterocycles. The standard InChI is InChI=1S/C24H36N2O6.C24H35NO7.C24H35NO6S/c1-17(2)21(28)32-10-9-31-20(27)11-18-12-23(3,4)15-24(5,13-18)16-26-22(29)25-14-19-7-6-8-30-19;2*1-17(2)21(27)31-10-9-30-20(26)11-18-12-23(3,4)15-24(5,13-18)16-25-22(28)32-14-19-7-6-8-29-19/h6-8,18H,1,9-16H2,2-5H3,(H2,25,26,29);2*6-8,18H,1,9-16H2,2-5H3,(H,25,28). The van der Waals surface area contributed by atoms with Gasteiger partial charge in [0.25, 0.3) is 5.24 Å². The number of carbonyl (C=O) groups is 9. The second-order valence-corrected chi connectivity index (χ2v) is 30.4. The first-order valence-electron chi connectivity index (χ1n) is 32.8. The van der Waals surface area contributed by atoms with Crippen LogP contribution in [-0.4, -0.2) is 112 Å². The third-order valence-electron chi connectivity index (χ3n) is 16.6. The third kappa shape index (κ3) is 32.3. The van der Waals surface area contributed by atoms with E-state index < -0.39 is 24.0 Å². The van der Waals surface area contributed by atoms with Crippen LogP contribution in [0.2, 0.25) is 0 Å². The lowest BCUT2D eigenvalue weighted by Gasteiger charge is -2.46. The van der Waals surface area contributed by atoms with Gasteiger partial charge in [-0.3, -0.25) is 19.2 Å². The van der Waals surface area contributed by atoms with Crippen molar-refractivity contribution in [1.82, 2.24) is 21.3 Å². The van der Waals surface area contributed by atoms with Crippen molar-refractivity contribution < 1.29 is 89.6 Å². The van der Waals surface area contributed by atoms with Crippen LogP contribution in [0.15, 0.2) is 105 Å². The van der Waals surface area contributed by atoms with Crippen LogP contribution in [0.3, 0.4) is 0 Å². The van der Waals surface area contributed by atoms with Gasteiger partial charge in [0.15, 0.2) is 6.61 Å². The van der Waals surface area contributed by atoms with E-state index in [0.717, 1.165) is 63.5 Å². The van der Waals surface area contributed by atoms with E-state index in [-0.39, 0.29) is 132 Å². The van der Waals surface area contributed by atoms with Gasteiger partial charge in [-0.15, -0.1) is 0 Å². The van der Waals surface area contributed by atoms with Gasteiger partial charge in [0.05, 0.1) is 31.1 Å². The molecule has 3 saturated carbocycles. The lowest BCUT2D eigenvalue weighted by atomic mass is 9.60. The molecule has 23 nitrogen and oxygen atoms in total. The van der Waals surface area contributed by atoms with Crippen LogP contribution >= 0.6 is 11.8 Å². The molecule has 0 spiro atoms. The van der Waals surface area contributed by atoms with Gasteiger partial charge < -0.3 is 67.7 Å². The van der Waals surface area contributed by atoms with Gasteiger partial charge in [-0.05, 0) is 165 Å². The molecule has 0 radical (unpaired) electrons. The van der Waals surface area contributed by atoms with Crippen molar-refractivity contribution in [3.63, 3.8) is 0 Å². The SMILES string of the molecule is C=C(C)C(=O)OCCOC(=O)CC1CC(C)(C)CC(C)(CNC(=O)NCc2ccco2)C1.C=C(C)C(=O)OCCOC(=O)CC1CC(C)(C)CC(C)(CNC(=O)OCc2ccco2)C1.C=C(C)C(=O)OCCOC(=O)CC1CC(C)(C)CC(C)(CNC(=O)SCc2ccco2)C1. The minimum atomic E-state index is -0.499. The van der Waals surface area contributed by atoms with Crippen molar-refractivity contribution in [2.24, 2.45) is 50.2 Å². The highest BCUT2D eigenvalue weighted by Crippen LogP contribution is 2.52. The van der Waals surface area contributed by atoms with Crippen molar-refractivity contribution in [1.29, 1.82) is 0 Å². The van der Waals surface area contributed by atoms with Crippen LogP contribution in [0.1, 0.15) is 177 Å². The Kier molecular flexibility index (Phi) is 32.1. The Morgan fingerprint density at radius 1 is 0.448 bits per heavy atom. The molecule has 4 N–H and O–H groups in total. The summed E-state index contributed by atoms with van der Waals surface area (Å²) in [5, 5.41) is 11.6. The molecular weight excluding hydrogens is 1260 g/mol. The molecule has 6 unspecified atom stereocenters. The van der Waals surface area contributed by atoms with Crippen molar-refractivity contribution >= 4 is 64.9 Å². The largest absolute Gasteiger partial charge is 0.468 e. The molecule has 0 saturated heterocycles. The van der Waals surface area contributed by atoms with Crippen LogP contribution in [0.25, 0.3) is 0 Å². The topological polar surface area (TPSA) is 306 Å². The van der Waals surface area contributed by atoms with Crippen molar-refractivity contribution in [3.8, 4) is 0 Å². The molecule has 3 heterocycles. The van der Waals surface area contributed by atoms with Gasteiger partial charge >= 0.3 is 47.9 Å². The molecule has 96 heavy (non-hydrogen) atoms. The average Bonchev–Trinajstić information content (AvgIpc) is 0.842. The summed E-state index contributed by atoms with van der Waals surface area (Å²) < 4.78 is 51.4. The Morgan fingerprint density at radius 3 is 1.16 bits per heavy atom. The molecule has 4 amide bonds. The molecule has 3 fully saturated rings. The minimum absolute atomic E-state index is 0.00927. The zero-order chi connectivity index (χ0) is 71.3. The quantitative estimate of drug-likeness (QED) is 0.0209. The Bertz CT molecular complexity index is 2730. The Balaban J connectivity index is 0.000000306. The predicted octanol–water partition coefficient (Wildman–Crippen LogP) is 13.5. The smallest absolute Gasteiger partial charge is 0.407 e. The van der Waals surface area contributed by atoms with Gasteiger partial charge in [-0.2, -0.15) is 0 Å². The Morgan fingerprint density at radius 2 is 0.792 bits per heavy atom. The number of alkyl carbamates (subject to hydrolysis) is 1. The fraction of sp³-hybridized carbons (Fsp3) is 0.625. The second kappa shape index (κ2) is 38.3. The number of esters is 6. The molecule has 3 aromatic rings. The van der Waals surface area contributed by atoms with Gasteiger partial charge in [0.2, 0.25) is 0 Å². The summed E-state index contributed by atoms with van der Waals surface area (Å²) in [6.07, 6.45) is 13.1. The lowest BCUT2D eigenvalue weighted by Crippen LogP contribution is -2.46. The zero-order valence-corrected chi connectivity index (χ0v) is 59.5. The number of urea groups is 1. The molecule has 0 bridgehead atoms. The molecule has 24 heteroatoms. The van der Waals surface area contributed by atoms with E-state index >= 15 is 0 Å². The van der Waals surface area contributed by atoms with Crippen LogP contribution in [0.5, 0.6) is 0 Å². The number of hydrogen-bond donors (Lipinski definition) is 4. The van der Waals surface area contributed by atoms with Crippen LogP contribution in [0, 0.1) is 50.2 Å². The molecule has 534 valence electrons. The second-order valence-electron chi connectivity index (χ2n) is 29.4. The maximum absolute atomic E-state index is 12.3. The highest BCUT2D eigenvalue weighted by molar-refractivity contribution is 8.12. The predicted molar refractivity (Wildman–Crippen MR) is 361 cm³/mol. The van der Waals surface area contributed by atoms with Crippen LogP contribution in [-0.2, 0) is 80.8 Å². The first-order chi connectivity index (χ1) is 44.9. The monoisotopic (exact) mass is 1360 g/mol. The first-order valence-corrected chi connectivity index (χ1v) is 33.8. The van der Waals surface area contributed by atoms with Gasteiger partial charge in [-0.25, -0.2) is 24.0 Å². The number of ether oxygens (including phenoxy) is 7. The highest BCUT2D eigenvalue weighted by atomic mass is 32.2. The van der Waals surface area contributed by atoms with Crippen molar-refractivity contribution in [2.75, 3.05) is 59.3 Å². The van der Waals surface area contributed by atoms with Gasteiger partial charge in [-0.1, -0.05) is 93.8 Å². The van der Waals surface area contributed by atoms with E-state index in [2.05, 4.69) is 103 Å². The molecule has 0 aromatic carbocycles. The maximum atomic E-state index is 12.3. The number of hydrogen-bond acceptors (Lipinski definition) is 20. The number of furan rings is 3. The third-order valence-corrected chi connectivity index (χ3v) is 17.4. The first kappa shape index (κ1) is 80.7. The number of amides is 4.